The van der Waals surface area contributed by atoms with Crippen molar-refractivity contribution in [2.45, 2.75) is 5.72 Å². The lowest BCUT2D eigenvalue weighted by molar-refractivity contribution is -0.119. The van der Waals surface area contributed by atoms with Crippen molar-refractivity contribution >= 4 is 11.6 Å². The molecule has 0 saturated heterocycles. The average Bonchev–Trinajstić information content (AvgIpc) is 2.79. The summed E-state index contributed by atoms with van der Waals surface area (Å²) in [5.41, 5.74) is -0.796. The van der Waals surface area contributed by atoms with Gasteiger partial charge in [0.25, 0.3) is 5.91 Å². The Morgan fingerprint density at radius 2 is 1.68 bits per heavy atom. The van der Waals surface area contributed by atoms with E-state index in [0.29, 0.717) is 17.0 Å². The normalized spacial score (nSPS) is 20.9. The van der Waals surface area contributed by atoms with Gasteiger partial charge in [-0.25, -0.2) is 0 Å². The molecule has 0 fully saturated rings. The molecule has 5 heteroatoms. The van der Waals surface area contributed by atoms with Gasteiger partial charge in [0.2, 0.25) is 0 Å². The number of aliphatic hydroxyl groups is 2. The molecule has 0 aliphatic carbocycles. The van der Waals surface area contributed by atoms with E-state index in [4.69, 9.17) is 4.74 Å². The Morgan fingerprint density at radius 3 is 2.27 bits per heavy atom. The Bertz CT molecular complexity index is 724. The van der Waals surface area contributed by atoms with Crippen molar-refractivity contribution in [3.63, 3.8) is 0 Å². The zero-order valence-electron chi connectivity index (χ0n) is 11.9. The fourth-order valence-corrected chi connectivity index (χ4v) is 2.53. The van der Waals surface area contributed by atoms with Crippen LogP contribution in [0.2, 0.25) is 0 Å². The van der Waals surface area contributed by atoms with Crippen molar-refractivity contribution < 1.29 is 19.7 Å². The minimum absolute atomic E-state index is 0.453. The van der Waals surface area contributed by atoms with E-state index in [-0.39, 0.29) is 0 Å². The molecule has 0 aromatic heterocycles. The van der Waals surface area contributed by atoms with E-state index in [1.165, 1.54) is 0 Å². The molecule has 1 aliphatic rings. The van der Waals surface area contributed by atoms with Gasteiger partial charge in [-0.3, -0.25) is 9.69 Å². The van der Waals surface area contributed by atoms with Gasteiger partial charge < -0.3 is 14.9 Å². The van der Waals surface area contributed by atoms with Gasteiger partial charge in [-0.1, -0.05) is 30.3 Å². The SMILES string of the molecule is COc1ccc(C2(O)C=C(O)C(=O)N2c2ccccc2)cc1. The number of methoxy groups -OCH3 is 1. The third kappa shape index (κ3) is 2.12. The number of nitrogens with zero attached hydrogens (tertiary/aromatic N) is 1. The van der Waals surface area contributed by atoms with Crippen molar-refractivity contribution in [3.05, 3.63) is 72.0 Å². The molecule has 5 nitrogen and oxygen atoms in total. The molecule has 0 saturated carbocycles. The highest BCUT2D eigenvalue weighted by molar-refractivity contribution is 6.08. The van der Waals surface area contributed by atoms with Crippen molar-refractivity contribution in [1.82, 2.24) is 0 Å². The van der Waals surface area contributed by atoms with Crippen LogP contribution < -0.4 is 9.64 Å². The molecule has 1 heterocycles. The second kappa shape index (κ2) is 5.20. The van der Waals surface area contributed by atoms with Crippen LogP contribution in [-0.2, 0) is 10.5 Å². The summed E-state index contributed by atoms with van der Waals surface area (Å²) in [6.45, 7) is 0. The minimum Gasteiger partial charge on any atom is -0.503 e. The van der Waals surface area contributed by atoms with E-state index >= 15 is 0 Å². The highest BCUT2D eigenvalue weighted by Gasteiger charge is 2.46. The molecular weight excluding hydrogens is 282 g/mol. The lowest BCUT2D eigenvalue weighted by Crippen LogP contribution is -2.44. The summed E-state index contributed by atoms with van der Waals surface area (Å²) in [7, 11) is 1.55. The summed E-state index contributed by atoms with van der Waals surface area (Å²) in [4.78, 5) is 13.4. The number of para-hydroxylation sites is 1. The lowest BCUT2D eigenvalue weighted by atomic mass is 10.0. The zero-order valence-corrected chi connectivity index (χ0v) is 11.9. The monoisotopic (exact) mass is 297 g/mol. The number of aliphatic hydroxyl groups excluding tert-OH is 1. The summed E-state index contributed by atoms with van der Waals surface area (Å²) in [6.07, 6.45) is 1.14. The van der Waals surface area contributed by atoms with E-state index < -0.39 is 17.4 Å². The van der Waals surface area contributed by atoms with E-state index in [0.717, 1.165) is 11.0 Å². The summed E-state index contributed by atoms with van der Waals surface area (Å²) >= 11 is 0. The minimum atomic E-state index is -1.74. The number of hydrogen-bond donors (Lipinski definition) is 2. The predicted octanol–water partition coefficient (Wildman–Crippen LogP) is 2.33. The maximum atomic E-state index is 12.2. The smallest absolute Gasteiger partial charge is 0.295 e. The topological polar surface area (TPSA) is 70.0 Å². The largest absolute Gasteiger partial charge is 0.503 e. The molecule has 0 spiro atoms. The van der Waals surface area contributed by atoms with Gasteiger partial charge in [-0.2, -0.15) is 0 Å². The fraction of sp³-hybridized carbons (Fsp3) is 0.118. The van der Waals surface area contributed by atoms with E-state index in [9.17, 15) is 15.0 Å². The second-order valence-electron chi connectivity index (χ2n) is 4.96. The van der Waals surface area contributed by atoms with Crippen LogP contribution in [0.25, 0.3) is 0 Å². The molecule has 0 bridgehead atoms. The van der Waals surface area contributed by atoms with Gasteiger partial charge in [0.15, 0.2) is 11.5 Å². The first-order chi connectivity index (χ1) is 10.6. The Morgan fingerprint density at radius 1 is 1.05 bits per heavy atom. The Balaban J connectivity index is 2.10. The Hall–Kier alpha value is -2.79. The van der Waals surface area contributed by atoms with Crippen LogP contribution in [0.3, 0.4) is 0 Å². The van der Waals surface area contributed by atoms with Gasteiger partial charge in [-0.15, -0.1) is 0 Å². The van der Waals surface area contributed by atoms with Crippen molar-refractivity contribution in [3.8, 4) is 5.75 Å². The zero-order chi connectivity index (χ0) is 15.7. The number of carbonyl (C=O) groups excluding carboxylic acids is 1. The Kier molecular flexibility index (Phi) is 3.35. The molecule has 22 heavy (non-hydrogen) atoms. The molecular formula is C17H15NO4. The summed E-state index contributed by atoms with van der Waals surface area (Å²) in [5.74, 6) is -0.497. The number of ether oxygens (including phenoxy) is 1. The van der Waals surface area contributed by atoms with Gasteiger partial charge in [0.05, 0.1) is 7.11 Å². The number of anilines is 1. The number of hydrogen-bond acceptors (Lipinski definition) is 4. The number of rotatable bonds is 3. The van der Waals surface area contributed by atoms with Crippen LogP contribution in [0.4, 0.5) is 5.69 Å². The summed E-state index contributed by atoms with van der Waals surface area (Å²) < 4.78 is 5.09. The Labute approximate surface area is 127 Å². The maximum Gasteiger partial charge on any atom is 0.295 e. The quantitative estimate of drug-likeness (QED) is 0.912. The average molecular weight is 297 g/mol. The second-order valence-corrected chi connectivity index (χ2v) is 4.96. The maximum absolute atomic E-state index is 12.2. The van der Waals surface area contributed by atoms with Gasteiger partial charge in [0.1, 0.15) is 5.75 Å². The van der Waals surface area contributed by atoms with Gasteiger partial charge in [-0.05, 0) is 24.3 Å². The third-order valence-corrected chi connectivity index (χ3v) is 3.63. The molecule has 1 unspecified atom stereocenters. The predicted molar refractivity (Wildman–Crippen MR) is 81.5 cm³/mol. The molecule has 112 valence electrons. The molecule has 2 aromatic rings. The van der Waals surface area contributed by atoms with Crippen molar-refractivity contribution in [1.29, 1.82) is 0 Å². The first kappa shape index (κ1) is 14.2. The first-order valence-corrected chi connectivity index (χ1v) is 6.74. The van der Waals surface area contributed by atoms with Crippen molar-refractivity contribution in [2.24, 2.45) is 0 Å². The van der Waals surface area contributed by atoms with E-state index in [2.05, 4.69) is 0 Å². The van der Waals surface area contributed by atoms with E-state index in [1.54, 1.807) is 55.6 Å². The van der Waals surface area contributed by atoms with Crippen LogP contribution in [0.15, 0.2) is 66.4 Å². The highest BCUT2D eigenvalue weighted by atomic mass is 16.5. The summed E-state index contributed by atoms with van der Waals surface area (Å²) in [6, 6.07) is 15.4. The molecule has 2 aromatic carbocycles. The van der Waals surface area contributed by atoms with Crippen LogP contribution in [-0.4, -0.2) is 23.2 Å². The molecule has 1 atom stereocenters. The van der Waals surface area contributed by atoms with Crippen LogP contribution in [0, 0.1) is 0 Å². The van der Waals surface area contributed by atoms with Gasteiger partial charge >= 0.3 is 0 Å². The standard InChI is InChI=1S/C17H15NO4/c1-22-14-9-7-12(8-10-14)17(21)11-15(19)16(20)18(17)13-5-3-2-4-6-13/h2-11,19,21H,1H3. The highest BCUT2D eigenvalue weighted by Crippen LogP contribution is 2.38. The first-order valence-electron chi connectivity index (χ1n) is 6.74. The number of benzene rings is 2. The van der Waals surface area contributed by atoms with Crippen LogP contribution in [0.1, 0.15) is 5.56 Å². The van der Waals surface area contributed by atoms with E-state index in [1.807, 2.05) is 6.07 Å². The molecule has 1 aliphatic heterocycles. The molecule has 3 rings (SSSR count). The van der Waals surface area contributed by atoms with Gasteiger partial charge in [0, 0.05) is 17.3 Å². The third-order valence-electron chi connectivity index (χ3n) is 3.63. The molecule has 0 radical (unpaired) electrons. The number of amides is 1. The lowest BCUT2D eigenvalue weighted by Gasteiger charge is -2.33. The van der Waals surface area contributed by atoms with Crippen molar-refractivity contribution in [2.75, 3.05) is 12.0 Å². The van der Waals surface area contributed by atoms with Crippen LogP contribution in [0.5, 0.6) is 5.75 Å². The summed E-state index contributed by atoms with van der Waals surface area (Å²) in [5, 5.41) is 20.8. The van der Waals surface area contributed by atoms with Crippen LogP contribution >= 0.6 is 0 Å². The fourth-order valence-electron chi connectivity index (χ4n) is 2.53. The molecule has 1 amide bonds. The molecule has 2 N–H and O–H groups in total. The number of carbonyl (C=O) groups is 1.